The number of nitrogens with zero attached hydrogens (tertiary/aromatic N) is 4. The fourth-order valence-electron chi connectivity index (χ4n) is 2.26. The van der Waals surface area contributed by atoms with Gasteiger partial charge in [0.2, 0.25) is 16.9 Å². The van der Waals surface area contributed by atoms with Gasteiger partial charge in [-0.3, -0.25) is 10.1 Å². The lowest BCUT2D eigenvalue weighted by Gasteiger charge is -2.02. The Balaban J connectivity index is 1.36. The maximum absolute atomic E-state index is 12.3. The van der Waals surface area contributed by atoms with Crippen molar-refractivity contribution < 1.29 is 9.21 Å². The van der Waals surface area contributed by atoms with E-state index in [2.05, 4.69) is 41.6 Å². The Morgan fingerprint density at radius 3 is 2.64 bits per heavy atom. The van der Waals surface area contributed by atoms with Crippen LogP contribution in [0, 0.1) is 0 Å². The van der Waals surface area contributed by atoms with Gasteiger partial charge in [0.25, 0.3) is 5.91 Å². The molecule has 0 aliphatic heterocycles. The molecule has 2 aromatic carbocycles. The summed E-state index contributed by atoms with van der Waals surface area (Å²) in [5.74, 6) is 1.20. The van der Waals surface area contributed by atoms with Crippen molar-refractivity contribution in [3.8, 4) is 11.5 Å². The minimum absolute atomic E-state index is 0.246. The smallest absolute Gasteiger partial charge is 0.258 e. The van der Waals surface area contributed by atoms with E-state index in [-0.39, 0.29) is 5.91 Å². The zero-order chi connectivity index (χ0) is 19.3. The number of anilines is 1. The fraction of sp³-hybridized carbons (Fsp3) is 0.0556. The van der Waals surface area contributed by atoms with Gasteiger partial charge in [-0.2, -0.15) is 0 Å². The monoisotopic (exact) mass is 473 g/mol. The highest BCUT2D eigenvalue weighted by molar-refractivity contribution is 9.10. The molecule has 0 unspecified atom stereocenters. The van der Waals surface area contributed by atoms with Crippen molar-refractivity contribution in [3.05, 3.63) is 70.5 Å². The molecule has 0 fully saturated rings. The van der Waals surface area contributed by atoms with E-state index in [9.17, 15) is 4.79 Å². The molecule has 0 spiro atoms. The number of thioether (sulfide) groups is 1. The molecule has 2 aromatic heterocycles. The minimum atomic E-state index is -0.246. The van der Waals surface area contributed by atoms with E-state index in [4.69, 9.17) is 4.42 Å². The average molecular weight is 474 g/mol. The fourth-order valence-corrected chi connectivity index (χ4v) is 4.31. The van der Waals surface area contributed by atoms with Gasteiger partial charge in [-0.15, -0.1) is 20.4 Å². The molecule has 140 valence electrons. The topological polar surface area (TPSA) is 93.8 Å². The first-order valence-electron chi connectivity index (χ1n) is 8.09. The van der Waals surface area contributed by atoms with E-state index >= 15 is 0 Å². The summed E-state index contributed by atoms with van der Waals surface area (Å²) in [4.78, 5) is 12.3. The average Bonchev–Trinajstić information content (AvgIpc) is 3.37. The maximum Gasteiger partial charge on any atom is 0.258 e. The van der Waals surface area contributed by atoms with E-state index in [1.54, 1.807) is 12.1 Å². The minimum Gasteiger partial charge on any atom is -0.420 e. The van der Waals surface area contributed by atoms with Crippen LogP contribution in [-0.2, 0) is 5.75 Å². The predicted molar refractivity (Wildman–Crippen MR) is 111 cm³/mol. The molecule has 1 amide bonds. The molecule has 1 N–H and O–H groups in total. The second-order valence-corrected chi connectivity index (χ2v) is 8.52. The molecule has 0 bridgehead atoms. The Morgan fingerprint density at radius 1 is 1.04 bits per heavy atom. The van der Waals surface area contributed by atoms with Gasteiger partial charge in [0, 0.05) is 10.0 Å². The van der Waals surface area contributed by atoms with Crippen molar-refractivity contribution >= 4 is 50.1 Å². The largest absolute Gasteiger partial charge is 0.420 e. The van der Waals surface area contributed by atoms with Crippen LogP contribution in [0.3, 0.4) is 0 Å². The zero-order valence-corrected chi connectivity index (χ0v) is 17.4. The van der Waals surface area contributed by atoms with Crippen LogP contribution in [0.25, 0.3) is 11.5 Å². The first kappa shape index (κ1) is 18.8. The first-order chi connectivity index (χ1) is 13.7. The van der Waals surface area contributed by atoms with Crippen molar-refractivity contribution in [2.24, 2.45) is 0 Å². The Morgan fingerprint density at radius 2 is 1.82 bits per heavy atom. The number of nitrogens with one attached hydrogen (secondary N) is 1. The molecule has 7 nitrogen and oxygen atoms in total. The highest BCUT2D eigenvalue weighted by atomic mass is 79.9. The standard InChI is InChI=1S/C18H12BrN5O2S2/c19-13-9-5-4-8-12(13)15(25)20-17-23-24-18(28-17)27-10-14-21-22-16(26-14)11-6-2-1-3-7-11/h1-9H,10H2,(H,20,23,25). The van der Waals surface area contributed by atoms with E-state index in [0.29, 0.717) is 32.6 Å². The molecule has 4 rings (SSSR count). The molecule has 0 radical (unpaired) electrons. The lowest BCUT2D eigenvalue weighted by Crippen LogP contribution is -2.12. The summed E-state index contributed by atoms with van der Waals surface area (Å²) in [6, 6.07) is 16.8. The van der Waals surface area contributed by atoms with E-state index in [0.717, 1.165) is 10.0 Å². The van der Waals surface area contributed by atoms with Crippen LogP contribution in [0.4, 0.5) is 5.13 Å². The van der Waals surface area contributed by atoms with Crippen molar-refractivity contribution in [3.63, 3.8) is 0 Å². The van der Waals surface area contributed by atoms with Crippen LogP contribution in [0.15, 0.2) is 67.8 Å². The quantitative estimate of drug-likeness (QED) is 0.314. The van der Waals surface area contributed by atoms with Gasteiger partial charge in [-0.05, 0) is 40.2 Å². The molecule has 0 atom stereocenters. The van der Waals surface area contributed by atoms with Crippen molar-refractivity contribution in [1.29, 1.82) is 0 Å². The van der Waals surface area contributed by atoms with Crippen molar-refractivity contribution in [2.75, 3.05) is 5.32 Å². The number of hydrogen-bond acceptors (Lipinski definition) is 8. The summed E-state index contributed by atoms with van der Waals surface area (Å²) in [6.07, 6.45) is 0. The number of hydrogen-bond donors (Lipinski definition) is 1. The maximum atomic E-state index is 12.3. The Kier molecular flexibility index (Phi) is 5.79. The normalized spacial score (nSPS) is 10.8. The van der Waals surface area contributed by atoms with E-state index in [1.165, 1.54) is 23.1 Å². The number of amides is 1. The number of carbonyl (C=O) groups is 1. The summed E-state index contributed by atoms with van der Waals surface area (Å²) in [5, 5.41) is 19.4. The number of halogens is 1. The van der Waals surface area contributed by atoms with E-state index in [1.807, 2.05) is 42.5 Å². The molecule has 0 aliphatic carbocycles. The van der Waals surface area contributed by atoms with Crippen molar-refractivity contribution in [1.82, 2.24) is 20.4 Å². The lowest BCUT2D eigenvalue weighted by molar-refractivity contribution is 0.102. The van der Waals surface area contributed by atoms with Crippen molar-refractivity contribution in [2.45, 2.75) is 10.1 Å². The van der Waals surface area contributed by atoms with Crippen LogP contribution in [0.1, 0.15) is 16.2 Å². The molecular weight excluding hydrogens is 462 g/mol. The first-order valence-corrected chi connectivity index (χ1v) is 10.7. The van der Waals surface area contributed by atoms with Gasteiger partial charge in [-0.1, -0.05) is 53.4 Å². The van der Waals surface area contributed by atoms with Crippen LogP contribution >= 0.6 is 39.0 Å². The van der Waals surface area contributed by atoms with Gasteiger partial charge in [0.05, 0.1) is 11.3 Å². The molecule has 0 saturated heterocycles. The van der Waals surface area contributed by atoms with Gasteiger partial charge in [0.15, 0.2) is 4.34 Å². The van der Waals surface area contributed by atoms with Gasteiger partial charge >= 0.3 is 0 Å². The van der Waals surface area contributed by atoms with Crippen LogP contribution in [-0.4, -0.2) is 26.3 Å². The zero-order valence-electron chi connectivity index (χ0n) is 14.2. The molecule has 2 heterocycles. The molecular formula is C18H12BrN5O2S2. The van der Waals surface area contributed by atoms with Gasteiger partial charge < -0.3 is 4.42 Å². The summed E-state index contributed by atoms with van der Waals surface area (Å²) in [6.45, 7) is 0. The number of carbonyl (C=O) groups excluding carboxylic acids is 1. The SMILES string of the molecule is O=C(Nc1nnc(SCc2nnc(-c3ccccc3)o2)s1)c1ccccc1Br. The molecule has 28 heavy (non-hydrogen) atoms. The Hall–Kier alpha value is -2.56. The summed E-state index contributed by atoms with van der Waals surface area (Å²) < 4.78 is 7.09. The number of rotatable bonds is 6. The third kappa shape index (κ3) is 4.46. The summed E-state index contributed by atoms with van der Waals surface area (Å²) in [5.41, 5.74) is 1.41. The lowest BCUT2D eigenvalue weighted by atomic mass is 10.2. The van der Waals surface area contributed by atoms with Gasteiger partial charge in [-0.25, -0.2) is 0 Å². The Labute approximate surface area is 176 Å². The van der Waals surface area contributed by atoms with Gasteiger partial charge in [0.1, 0.15) is 0 Å². The second kappa shape index (κ2) is 8.63. The Bertz CT molecular complexity index is 1100. The number of aromatic nitrogens is 4. The second-order valence-electron chi connectivity index (χ2n) is 5.46. The summed E-state index contributed by atoms with van der Waals surface area (Å²) in [7, 11) is 0. The third-order valence-electron chi connectivity index (χ3n) is 3.55. The highest BCUT2D eigenvalue weighted by Gasteiger charge is 2.14. The highest BCUT2D eigenvalue weighted by Crippen LogP contribution is 2.29. The van der Waals surface area contributed by atoms with Crippen LogP contribution in [0.5, 0.6) is 0 Å². The predicted octanol–water partition coefficient (Wildman–Crippen LogP) is 4.90. The van der Waals surface area contributed by atoms with Crippen LogP contribution < -0.4 is 5.32 Å². The van der Waals surface area contributed by atoms with Crippen LogP contribution in [0.2, 0.25) is 0 Å². The summed E-state index contributed by atoms with van der Waals surface area (Å²) >= 11 is 6.07. The molecule has 4 aromatic rings. The van der Waals surface area contributed by atoms with E-state index < -0.39 is 0 Å². The third-order valence-corrected chi connectivity index (χ3v) is 6.20. The number of benzene rings is 2. The molecule has 10 heteroatoms. The molecule has 0 saturated carbocycles. The molecule has 0 aliphatic rings.